The van der Waals surface area contributed by atoms with E-state index in [1.165, 1.54) is 12.7 Å². The average molecular weight is 279 g/mol. The molecule has 0 heterocycles. The minimum absolute atomic E-state index is 0.126. The molecule has 0 aromatic heterocycles. The van der Waals surface area contributed by atoms with Crippen molar-refractivity contribution in [1.29, 1.82) is 0 Å². The number of hydrogen-bond acceptors (Lipinski definition) is 4. The lowest BCUT2D eigenvalue weighted by Crippen LogP contribution is -2.43. The molecule has 1 rings (SSSR count). The van der Waals surface area contributed by atoms with E-state index in [4.69, 9.17) is 4.74 Å². The lowest BCUT2D eigenvalue weighted by atomic mass is 10.2. The number of aryl methyl sites for hydroxylation is 1. The molecule has 1 aromatic rings. The molecule has 0 bridgehead atoms. The van der Waals surface area contributed by atoms with Crippen LogP contribution in [0.15, 0.2) is 24.3 Å². The molecule has 0 radical (unpaired) electrons. The van der Waals surface area contributed by atoms with E-state index >= 15 is 0 Å². The first-order chi connectivity index (χ1) is 9.60. The van der Waals surface area contributed by atoms with Crippen LogP contribution in [-0.4, -0.2) is 31.6 Å². The molecule has 0 aliphatic heterocycles. The number of rotatable bonds is 7. The lowest BCUT2D eigenvalue weighted by Gasteiger charge is -2.14. The van der Waals surface area contributed by atoms with Gasteiger partial charge in [0.25, 0.3) is 5.91 Å². The highest BCUT2D eigenvalue weighted by Gasteiger charge is 2.19. The Morgan fingerprint density at radius 3 is 2.35 bits per heavy atom. The van der Waals surface area contributed by atoms with Gasteiger partial charge in [0.15, 0.2) is 6.61 Å². The fourth-order valence-electron chi connectivity index (χ4n) is 1.68. The van der Waals surface area contributed by atoms with Crippen molar-refractivity contribution in [3.8, 4) is 5.75 Å². The largest absolute Gasteiger partial charge is 0.484 e. The van der Waals surface area contributed by atoms with E-state index < -0.39 is 12.0 Å². The van der Waals surface area contributed by atoms with Gasteiger partial charge in [0.1, 0.15) is 11.8 Å². The van der Waals surface area contributed by atoms with Crippen molar-refractivity contribution in [3.05, 3.63) is 29.8 Å². The molecular formula is C15H21NO4. The van der Waals surface area contributed by atoms with Crippen molar-refractivity contribution in [2.24, 2.45) is 0 Å². The topological polar surface area (TPSA) is 64.6 Å². The number of amides is 1. The highest BCUT2D eigenvalue weighted by molar-refractivity contribution is 5.85. The molecular weight excluding hydrogens is 258 g/mol. The SMILES string of the molecule is CCc1ccc(OCC(=O)NC(CC)C(=O)OC)cc1. The maximum Gasteiger partial charge on any atom is 0.328 e. The van der Waals surface area contributed by atoms with Gasteiger partial charge < -0.3 is 14.8 Å². The molecule has 110 valence electrons. The third-order valence-electron chi connectivity index (χ3n) is 2.93. The maximum absolute atomic E-state index is 11.7. The molecule has 0 saturated carbocycles. The van der Waals surface area contributed by atoms with E-state index in [1.807, 2.05) is 24.3 Å². The summed E-state index contributed by atoms with van der Waals surface area (Å²) < 4.78 is 9.96. The fourth-order valence-corrected chi connectivity index (χ4v) is 1.68. The predicted molar refractivity (Wildman–Crippen MR) is 75.6 cm³/mol. The van der Waals surface area contributed by atoms with Gasteiger partial charge in [-0.2, -0.15) is 0 Å². The molecule has 5 nitrogen and oxygen atoms in total. The van der Waals surface area contributed by atoms with Crippen molar-refractivity contribution in [1.82, 2.24) is 5.32 Å². The maximum atomic E-state index is 11.7. The second kappa shape index (κ2) is 8.19. The van der Waals surface area contributed by atoms with E-state index in [9.17, 15) is 9.59 Å². The molecule has 0 fully saturated rings. The fraction of sp³-hybridized carbons (Fsp3) is 0.467. The number of carbonyl (C=O) groups excluding carboxylic acids is 2. The van der Waals surface area contributed by atoms with Crippen molar-refractivity contribution in [2.45, 2.75) is 32.7 Å². The number of carbonyl (C=O) groups is 2. The van der Waals surface area contributed by atoms with Crippen molar-refractivity contribution >= 4 is 11.9 Å². The molecule has 0 spiro atoms. The monoisotopic (exact) mass is 279 g/mol. The summed E-state index contributed by atoms with van der Waals surface area (Å²) in [5.41, 5.74) is 1.21. The molecule has 0 saturated heterocycles. The van der Waals surface area contributed by atoms with E-state index in [2.05, 4.69) is 17.0 Å². The van der Waals surface area contributed by atoms with Crippen LogP contribution in [0.3, 0.4) is 0 Å². The zero-order chi connectivity index (χ0) is 15.0. The quantitative estimate of drug-likeness (QED) is 0.771. The second-order valence-corrected chi connectivity index (χ2v) is 4.34. The van der Waals surface area contributed by atoms with E-state index in [0.29, 0.717) is 12.2 Å². The summed E-state index contributed by atoms with van der Waals surface area (Å²) in [6.07, 6.45) is 1.43. The van der Waals surface area contributed by atoms with Crippen molar-refractivity contribution in [2.75, 3.05) is 13.7 Å². The summed E-state index contributed by atoms with van der Waals surface area (Å²) in [6.45, 7) is 3.74. The van der Waals surface area contributed by atoms with Crippen LogP contribution in [0, 0.1) is 0 Å². The zero-order valence-corrected chi connectivity index (χ0v) is 12.1. The summed E-state index contributed by atoms with van der Waals surface area (Å²) in [5.74, 6) is -0.168. The first kappa shape index (κ1) is 16.0. The van der Waals surface area contributed by atoms with Gasteiger partial charge in [-0.3, -0.25) is 4.79 Å². The third-order valence-corrected chi connectivity index (χ3v) is 2.93. The van der Waals surface area contributed by atoms with Crippen molar-refractivity contribution in [3.63, 3.8) is 0 Å². The number of ether oxygens (including phenoxy) is 2. The highest BCUT2D eigenvalue weighted by atomic mass is 16.5. The van der Waals surface area contributed by atoms with Crippen LogP contribution in [0.5, 0.6) is 5.75 Å². The lowest BCUT2D eigenvalue weighted by molar-refractivity contribution is -0.145. The Kier molecular flexibility index (Phi) is 6.56. The van der Waals surface area contributed by atoms with Gasteiger partial charge in [-0.05, 0) is 30.5 Å². The summed E-state index contributed by atoms with van der Waals surface area (Å²) in [7, 11) is 1.29. The van der Waals surface area contributed by atoms with E-state index in [0.717, 1.165) is 6.42 Å². The van der Waals surface area contributed by atoms with Crippen LogP contribution < -0.4 is 10.1 Å². The van der Waals surface area contributed by atoms with Crippen LogP contribution >= 0.6 is 0 Å². The molecule has 0 aliphatic carbocycles. The predicted octanol–water partition coefficient (Wildman–Crippen LogP) is 1.70. The first-order valence-electron chi connectivity index (χ1n) is 6.69. The zero-order valence-electron chi connectivity index (χ0n) is 12.1. The van der Waals surface area contributed by atoms with Crippen LogP contribution in [0.1, 0.15) is 25.8 Å². The summed E-state index contributed by atoms with van der Waals surface area (Å²) in [5, 5.41) is 2.57. The number of nitrogens with one attached hydrogen (secondary N) is 1. The van der Waals surface area contributed by atoms with Crippen LogP contribution in [0.25, 0.3) is 0 Å². The molecule has 1 unspecified atom stereocenters. The summed E-state index contributed by atoms with van der Waals surface area (Å²) in [4.78, 5) is 23.0. The summed E-state index contributed by atoms with van der Waals surface area (Å²) in [6, 6.07) is 6.93. The standard InChI is InChI=1S/C15H21NO4/c1-4-11-6-8-12(9-7-11)20-10-14(17)16-13(5-2)15(18)19-3/h6-9,13H,4-5,10H2,1-3H3,(H,16,17). The van der Waals surface area contributed by atoms with Gasteiger partial charge in [0.2, 0.25) is 0 Å². The van der Waals surface area contributed by atoms with Gasteiger partial charge in [0.05, 0.1) is 7.11 Å². The van der Waals surface area contributed by atoms with Gasteiger partial charge in [-0.1, -0.05) is 26.0 Å². The van der Waals surface area contributed by atoms with Gasteiger partial charge in [-0.25, -0.2) is 4.79 Å². The minimum Gasteiger partial charge on any atom is -0.484 e. The Bertz CT molecular complexity index is 442. The Balaban J connectivity index is 2.43. The minimum atomic E-state index is -0.626. The third kappa shape index (κ3) is 4.91. The molecule has 0 aliphatic rings. The Hall–Kier alpha value is -2.04. The van der Waals surface area contributed by atoms with Crippen LogP contribution in [0.2, 0.25) is 0 Å². The van der Waals surface area contributed by atoms with Crippen LogP contribution in [-0.2, 0) is 20.7 Å². The Morgan fingerprint density at radius 1 is 1.20 bits per heavy atom. The first-order valence-corrected chi connectivity index (χ1v) is 6.69. The van der Waals surface area contributed by atoms with Crippen molar-refractivity contribution < 1.29 is 19.1 Å². The number of methoxy groups -OCH3 is 1. The molecule has 1 amide bonds. The normalized spacial score (nSPS) is 11.6. The average Bonchev–Trinajstić information content (AvgIpc) is 2.50. The van der Waals surface area contributed by atoms with Crippen LogP contribution in [0.4, 0.5) is 0 Å². The molecule has 1 atom stereocenters. The molecule has 1 aromatic carbocycles. The number of hydrogen-bond donors (Lipinski definition) is 1. The molecule has 20 heavy (non-hydrogen) atoms. The van der Waals surface area contributed by atoms with E-state index in [1.54, 1.807) is 6.92 Å². The smallest absolute Gasteiger partial charge is 0.328 e. The second-order valence-electron chi connectivity index (χ2n) is 4.34. The number of benzene rings is 1. The summed E-state index contributed by atoms with van der Waals surface area (Å²) >= 11 is 0. The highest BCUT2D eigenvalue weighted by Crippen LogP contribution is 2.12. The molecule has 1 N–H and O–H groups in total. The number of esters is 1. The Labute approximate surface area is 119 Å². The van der Waals surface area contributed by atoms with Gasteiger partial charge in [0, 0.05) is 0 Å². The van der Waals surface area contributed by atoms with E-state index in [-0.39, 0.29) is 12.5 Å². The van der Waals surface area contributed by atoms with Gasteiger partial charge in [-0.15, -0.1) is 0 Å². The Morgan fingerprint density at radius 2 is 1.85 bits per heavy atom. The molecule has 5 heteroatoms. The van der Waals surface area contributed by atoms with Gasteiger partial charge >= 0.3 is 5.97 Å².